The van der Waals surface area contributed by atoms with Crippen LogP contribution >= 0.6 is 11.8 Å². The van der Waals surface area contributed by atoms with Crippen LogP contribution in [0.1, 0.15) is 13.3 Å². The molecule has 1 N–H and O–H groups in total. The second kappa shape index (κ2) is 5.52. The van der Waals surface area contributed by atoms with Crippen molar-refractivity contribution >= 4 is 28.5 Å². The van der Waals surface area contributed by atoms with Crippen LogP contribution in [0.2, 0.25) is 0 Å². The Hall–Kier alpha value is -1.69. The summed E-state index contributed by atoms with van der Waals surface area (Å²) in [6.07, 6.45) is 0.355. The number of nitrogens with zero attached hydrogens (tertiary/aromatic N) is 1. The fraction of sp³-hybridized carbons (Fsp3) is 0.385. The van der Waals surface area contributed by atoms with Gasteiger partial charge in [0.05, 0.1) is 7.11 Å². The lowest BCUT2D eigenvalue weighted by Gasteiger charge is -2.17. The van der Waals surface area contributed by atoms with Gasteiger partial charge in [-0.2, -0.15) is 0 Å². The van der Waals surface area contributed by atoms with Gasteiger partial charge in [0.25, 0.3) is 0 Å². The maximum absolute atomic E-state index is 11.9. The number of phenols is 1. The monoisotopic (exact) mass is 281 g/mol. The molecule has 1 heterocycles. The molecule has 1 saturated heterocycles. The zero-order valence-electron chi connectivity index (χ0n) is 10.8. The van der Waals surface area contributed by atoms with Crippen LogP contribution in [0, 0.1) is 0 Å². The van der Waals surface area contributed by atoms with Crippen molar-refractivity contribution in [3.63, 3.8) is 0 Å². The molecule has 1 unspecified atom stereocenters. The Kier molecular flexibility index (Phi) is 3.99. The van der Waals surface area contributed by atoms with Crippen molar-refractivity contribution in [3.05, 3.63) is 18.2 Å². The van der Waals surface area contributed by atoms with E-state index in [0.717, 1.165) is 0 Å². The maximum Gasteiger partial charge on any atom is 0.228 e. The average molecular weight is 281 g/mol. The van der Waals surface area contributed by atoms with Crippen molar-refractivity contribution in [2.45, 2.75) is 18.6 Å². The predicted octanol–water partition coefficient (Wildman–Crippen LogP) is 1.79. The third-order valence-corrected chi connectivity index (χ3v) is 3.88. The molecule has 0 aromatic heterocycles. The van der Waals surface area contributed by atoms with Crippen molar-refractivity contribution in [2.24, 2.45) is 0 Å². The number of methoxy groups -OCH3 is 1. The van der Waals surface area contributed by atoms with Crippen LogP contribution < -0.4 is 9.64 Å². The maximum atomic E-state index is 11.9. The summed E-state index contributed by atoms with van der Waals surface area (Å²) in [6, 6.07) is 4.78. The molecule has 1 aromatic carbocycles. The minimum Gasteiger partial charge on any atom is -0.504 e. The summed E-state index contributed by atoms with van der Waals surface area (Å²) in [7, 11) is 1.46. The van der Waals surface area contributed by atoms with Gasteiger partial charge in [0.1, 0.15) is 0 Å². The number of anilines is 1. The molecular weight excluding hydrogens is 266 g/mol. The Bertz CT molecular complexity index is 517. The van der Waals surface area contributed by atoms with Gasteiger partial charge < -0.3 is 14.7 Å². The predicted molar refractivity (Wildman–Crippen MR) is 73.7 cm³/mol. The molecule has 1 fully saturated rings. The van der Waals surface area contributed by atoms with Crippen LogP contribution in [0.15, 0.2) is 18.2 Å². The zero-order valence-corrected chi connectivity index (χ0v) is 11.6. The number of hydrogen-bond donors (Lipinski definition) is 1. The van der Waals surface area contributed by atoms with Crippen LogP contribution in [0.25, 0.3) is 0 Å². The van der Waals surface area contributed by atoms with Gasteiger partial charge >= 0.3 is 0 Å². The van der Waals surface area contributed by atoms with Gasteiger partial charge in [0, 0.05) is 36.9 Å². The summed E-state index contributed by atoms with van der Waals surface area (Å²) in [5.74, 6) is 0.340. The molecule has 0 aliphatic carbocycles. The number of aromatic hydroxyl groups is 1. The van der Waals surface area contributed by atoms with E-state index in [9.17, 15) is 14.7 Å². The van der Waals surface area contributed by atoms with Crippen molar-refractivity contribution in [2.75, 3.05) is 18.6 Å². The van der Waals surface area contributed by atoms with E-state index in [4.69, 9.17) is 4.74 Å². The Morgan fingerprint density at radius 1 is 1.53 bits per heavy atom. The van der Waals surface area contributed by atoms with Crippen LogP contribution in [0.4, 0.5) is 5.69 Å². The van der Waals surface area contributed by atoms with E-state index in [-0.39, 0.29) is 22.0 Å². The number of amides is 1. The number of benzene rings is 1. The second-order valence-electron chi connectivity index (χ2n) is 4.30. The first-order chi connectivity index (χ1) is 9.01. The SMILES string of the molecule is COc1cc(N2CC(SC(C)=O)CC2=O)ccc1O. The molecule has 1 atom stereocenters. The van der Waals surface area contributed by atoms with E-state index >= 15 is 0 Å². The first kappa shape index (κ1) is 13.7. The Balaban J connectivity index is 2.18. The summed E-state index contributed by atoms with van der Waals surface area (Å²) < 4.78 is 5.02. The molecule has 2 rings (SSSR count). The van der Waals surface area contributed by atoms with Crippen molar-refractivity contribution in [1.82, 2.24) is 0 Å². The Labute approximate surface area is 115 Å². The number of phenolic OH excluding ortho intramolecular Hbond substituents is 1. The number of ether oxygens (including phenoxy) is 1. The van der Waals surface area contributed by atoms with Gasteiger partial charge in [0.2, 0.25) is 5.91 Å². The molecule has 0 spiro atoms. The first-order valence-electron chi connectivity index (χ1n) is 5.86. The lowest BCUT2D eigenvalue weighted by Crippen LogP contribution is -2.24. The molecule has 1 aromatic rings. The van der Waals surface area contributed by atoms with E-state index in [1.165, 1.54) is 31.9 Å². The van der Waals surface area contributed by atoms with Gasteiger partial charge in [-0.05, 0) is 12.1 Å². The lowest BCUT2D eigenvalue weighted by molar-refractivity contribution is -0.117. The highest BCUT2D eigenvalue weighted by Crippen LogP contribution is 2.34. The molecule has 1 aliphatic rings. The molecule has 102 valence electrons. The fourth-order valence-corrected chi connectivity index (χ4v) is 2.99. The molecule has 5 nitrogen and oxygen atoms in total. The summed E-state index contributed by atoms with van der Waals surface area (Å²) in [6.45, 7) is 2.00. The highest BCUT2D eigenvalue weighted by molar-refractivity contribution is 8.14. The van der Waals surface area contributed by atoms with E-state index < -0.39 is 0 Å². The molecule has 1 amide bonds. The van der Waals surface area contributed by atoms with Crippen molar-refractivity contribution < 1.29 is 19.4 Å². The Morgan fingerprint density at radius 2 is 2.26 bits per heavy atom. The third kappa shape index (κ3) is 3.01. The highest BCUT2D eigenvalue weighted by atomic mass is 32.2. The number of carbonyl (C=O) groups excluding carboxylic acids is 2. The van der Waals surface area contributed by atoms with Crippen LogP contribution in [-0.2, 0) is 9.59 Å². The minimum atomic E-state index is -0.0218. The fourth-order valence-electron chi connectivity index (χ4n) is 2.07. The van der Waals surface area contributed by atoms with E-state index in [1.54, 1.807) is 17.0 Å². The second-order valence-corrected chi connectivity index (χ2v) is 5.77. The van der Waals surface area contributed by atoms with Gasteiger partial charge in [-0.15, -0.1) is 0 Å². The molecular formula is C13H15NO4S. The average Bonchev–Trinajstić information content (AvgIpc) is 2.70. The first-order valence-corrected chi connectivity index (χ1v) is 6.74. The van der Waals surface area contributed by atoms with Gasteiger partial charge in [-0.1, -0.05) is 11.8 Å². The number of rotatable bonds is 3. The van der Waals surface area contributed by atoms with Crippen molar-refractivity contribution in [3.8, 4) is 11.5 Å². The van der Waals surface area contributed by atoms with Crippen molar-refractivity contribution in [1.29, 1.82) is 0 Å². The molecule has 0 radical (unpaired) electrons. The van der Waals surface area contributed by atoms with E-state index in [2.05, 4.69) is 0 Å². The summed E-state index contributed by atoms with van der Waals surface area (Å²) in [4.78, 5) is 24.6. The standard InChI is InChI=1S/C13H15NO4S/c1-8(15)19-10-6-13(17)14(7-10)9-3-4-11(16)12(5-9)18-2/h3-5,10,16H,6-7H2,1-2H3. The summed E-state index contributed by atoms with van der Waals surface area (Å²) in [5, 5.41) is 9.54. The minimum absolute atomic E-state index is 0.00945. The molecule has 1 aliphatic heterocycles. The lowest BCUT2D eigenvalue weighted by atomic mass is 10.2. The largest absolute Gasteiger partial charge is 0.504 e. The zero-order chi connectivity index (χ0) is 14.0. The Morgan fingerprint density at radius 3 is 2.89 bits per heavy atom. The number of carbonyl (C=O) groups is 2. The molecule has 0 bridgehead atoms. The van der Waals surface area contributed by atoms with Gasteiger partial charge in [-0.25, -0.2) is 0 Å². The highest BCUT2D eigenvalue weighted by Gasteiger charge is 2.32. The summed E-state index contributed by atoms with van der Waals surface area (Å²) >= 11 is 1.20. The third-order valence-electron chi connectivity index (χ3n) is 2.90. The number of thioether (sulfide) groups is 1. The summed E-state index contributed by atoms with van der Waals surface area (Å²) in [5.41, 5.74) is 0.673. The topological polar surface area (TPSA) is 66.8 Å². The van der Waals surface area contributed by atoms with E-state index in [0.29, 0.717) is 24.4 Å². The van der Waals surface area contributed by atoms with Crippen LogP contribution in [0.3, 0.4) is 0 Å². The van der Waals surface area contributed by atoms with E-state index in [1.807, 2.05) is 0 Å². The van der Waals surface area contributed by atoms with Gasteiger partial charge in [-0.3, -0.25) is 9.59 Å². The quantitative estimate of drug-likeness (QED) is 0.915. The molecule has 0 saturated carbocycles. The number of hydrogen-bond acceptors (Lipinski definition) is 5. The molecule has 6 heteroatoms. The molecule has 19 heavy (non-hydrogen) atoms. The van der Waals surface area contributed by atoms with Crippen LogP contribution in [0.5, 0.6) is 11.5 Å². The smallest absolute Gasteiger partial charge is 0.228 e. The van der Waals surface area contributed by atoms with Gasteiger partial charge in [0.15, 0.2) is 16.6 Å². The normalized spacial score (nSPS) is 18.7. The van der Waals surface area contributed by atoms with Crippen LogP contribution in [-0.4, -0.2) is 35.0 Å².